The fraction of sp³-hybridized carbons (Fsp3) is 0.368. The molecular weight excluding hydrogens is 300 g/mol. The fourth-order valence-corrected chi connectivity index (χ4v) is 3.71. The van der Waals surface area contributed by atoms with E-state index in [0.717, 1.165) is 35.5 Å². The predicted octanol–water partition coefficient (Wildman–Crippen LogP) is 3.38. The van der Waals surface area contributed by atoms with Crippen molar-refractivity contribution in [3.8, 4) is 5.82 Å². The Labute approximate surface area is 141 Å². The quantitative estimate of drug-likeness (QED) is 0.756. The molecule has 1 saturated carbocycles. The van der Waals surface area contributed by atoms with Gasteiger partial charge in [0.25, 0.3) is 0 Å². The highest BCUT2D eigenvalue weighted by molar-refractivity contribution is 5.76. The Morgan fingerprint density at radius 2 is 2.04 bits per heavy atom. The molecule has 1 aromatic carbocycles. The van der Waals surface area contributed by atoms with Crippen LogP contribution in [-0.2, 0) is 0 Å². The number of para-hydroxylation sites is 2. The molecule has 124 valence electrons. The first-order valence-corrected chi connectivity index (χ1v) is 8.62. The number of rotatable bonds is 5. The summed E-state index contributed by atoms with van der Waals surface area (Å²) in [5.41, 5.74) is 2.03. The van der Waals surface area contributed by atoms with Crippen LogP contribution in [0.1, 0.15) is 25.7 Å². The monoisotopic (exact) mass is 322 g/mol. The van der Waals surface area contributed by atoms with E-state index in [2.05, 4.69) is 16.4 Å². The van der Waals surface area contributed by atoms with E-state index < -0.39 is 0 Å². The van der Waals surface area contributed by atoms with Crippen LogP contribution in [0.3, 0.4) is 0 Å². The first-order chi connectivity index (χ1) is 11.8. The Balaban J connectivity index is 1.60. The molecule has 1 aliphatic rings. The van der Waals surface area contributed by atoms with Crippen LogP contribution in [0.2, 0.25) is 0 Å². The van der Waals surface area contributed by atoms with Crippen molar-refractivity contribution in [1.29, 1.82) is 0 Å². The number of fused-ring (bicyclic) bond motifs is 1. The van der Waals surface area contributed by atoms with E-state index in [4.69, 9.17) is 4.98 Å². The molecule has 0 aliphatic heterocycles. The van der Waals surface area contributed by atoms with Crippen LogP contribution >= 0.6 is 0 Å². The molecule has 0 amide bonds. The molecule has 1 aliphatic carbocycles. The number of nitrogens with one attached hydrogen (secondary N) is 1. The predicted molar refractivity (Wildman–Crippen MR) is 95.3 cm³/mol. The first kappa shape index (κ1) is 15.1. The molecule has 0 spiro atoms. The lowest BCUT2D eigenvalue weighted by Gasteiger charge is -2.21. The lowest BCUT2D eigenvalue weighted by molar-refractivity contribution is 0.254. The van der Waals surface area contributed by atoms with Crippen molar-refractivity contribution in [2.45, 2.75) is 31.7 Å². The van der Waals surface area contributed by atoms with Gasteiger partial charge in [-0.05, 0) is 49.4 Å². The zero-order chi connectivity index (χ0) is 16.4. The molecule has 0 saturated heterocycles. The molecule has 2 aromatic heterocycles. The van der Waals surface area contributed by atoms with Crippen LogP contribution in [0.5, 0.6) is 0 Å². The van der Waals surface area contributed by atoms with E-state index in [-0.39, 0.29) is 6.61 Å². The van der Waals surface area contributed by atoms with E-state index in [0.29, 0.717) is 12.0 Å². The summed E-state index contributed by atoms with van der Waals surface area (Å²) >= 11 is 0. The summed E-state index contributed by atoms with van der Waals surface area (Å²) in [4.78, 5) is 9.21. The molecule has 0 radical (unpaired) electrons. The van der Waals surface area contributed by atoms with Gasteiger partial charge >= 0.3 is 0 Å². The number of pyridine rings is 1. The molecule has 5 nitrogen and oxygen atoms in total. The van der Waals surface area contributed by atoms with Crippen LogP contribution in [0.25, 0.3) is 16.9 Å². The number of anilines is 1. The molecule has 1 fully saturated rings. The highest BCUT2D eigenvalue weighted by atomic mass is 16.3. The Morgan fingerprint density at radius 3 is 2.96 bits per heavy atom. The zero-order valence-electron chi connectivity index (χ0n) is 13.6. The second-order valence-electron chi connectivity index (χ2n) is 6.44. The van der Waals surface area contributed by atoms with Crippen molar-refractivity contribution >= 4 is 16.9 Å². The first-order valence-electron chi connectivity index (χ1n) is 8.62. The normalized spacial score (nSPS) is 20.5. The summed E-state index contributed by atoms with van der Waals surface area (Å²) in [5, 5.41) is 12.8. The maximum Gasteiger partial charge on any atom is 0.140 e. The van der Waals surface area contributed by atoms with Crippen LogP contribution in [0.15, 0.2) is 48.8 Å². The van der Waals surface area contributed by atoms with E-state index in [1.807, 2.05) is 47.3 Å². The summed E-state index contributed by atoms with van der Waals surface area (Å²) < 4.78 is 2.01. The van der Waals surface area contributed by atoms with Crippen LogP contribution in [-0.4, -0.2) is 32.3 Å². The lowest BCUT2D eigenvalue weighted by atomic mass is 10.00. The van der Waals surface area contributed by atoms with E-state index in [1.165, 1.54) is 12.8 Å². The molecule has 2 N–H and O–H groups in total. The molecule has 0 bridgehead atoms. The highest BCUT2D eigenvalue weighted by Gasteiger charge is 2.26. The number of aliphatic hydroxyl groups excluding tert-OH is 1. The Hall–Kier alpha value is -2.40. The summed E-state index contributed by atoms with van der Waals surface area (Å²) in [5.74, 6) is 2.29. The van der Waals surface area contributed by atoms with Crippen molar-refractivity contribution in [1.82, 2.24) is 14.5 Å². The average molecular weight is 322 g/mol. The van der Waals surface area contributed by atoms with E-state index in [9.17, 15) is 5.11 Å². The van der Waals surface area contributed by atoms with Crippen LogP contribution < -0.4 is 5.32 Å². The average Bonchev–Trinajstić information content (AvgIpc) is 3.23. The van der Waals surface area contributed by atoms with E-state index >= 15 is 0 Å². The minimum atomic E-state index is 0.261. The molecular formula is C19H22N4O. The third kappa shape index (κ3) is 2.87. The Morgan fingerprint density at radius 1 is 1.12 bits per heavy atom. The zero-order valence-corrected chi connectivity index (χ0v) is 13.6. The van der Waals surface area contributed by atoms with Gasteiger partial charge in [0.2, 0.25) is 0 Å². The Bertz CT molecular complexity index is 829. The number of imidazole rings is 1. The smallest absolute Gasteiger partial charge is 0.140 e. The number of hydrogen-bond acceptors (Lipinski definition) is 4. The number of hydrogen-bond donors (Lipinski definition) is 2. The minimum Gasteiger partial charge on any atom is -0.396 e. The van der Waals surface area contributed by atoms with Gasteiger partial charge in [-0.3, -0.25) is 4.57 Å². The van der Waals surface area contributed by atoms with Gasteiger partial charge in [0.05, 0.1) is 11.0 Å². The maximum absolute atomic E-state index is 9.23. The largest absolute Gasteiger partial charge is 0.396 e. The second-order valence-corrected chi connectivity index (χ2v) is 6.44. The summed E-state index contributed by atoms with van der Waals surface area (Å²) in [6.45, 7) is 0.261. The van der Waals surface area contributed by atoms with Gasteiger partial charge in [-0.25, -0.2) is 9.97 Å². The van der Waals surface area contributed by atoms with Crippen LogP contribution in [0.4, 0.5) is 5.82 Å². The van der Waals surface area contributed by atoms with Gasteiger partial charge in [0.1, 0.15) is 18.0 Å². The van der Waals surface area contributed by atoms with Crippen molar-refractivity contribution in [3.05, 3.63) is 48.8 Å². The summed E-state index contributed by atoms with van der Waals surface area (Å²) in [6.07, 6.45) is 6.23. The molecule has 2 heterocycles. The number of aromatic nitrogens is 3. The highest BCUT2D eigenvalue weighted by Crippen LogP contribution is 2.30. The van der Waals surface area contributed by atoms with Gasteiger partial charge in [0.15, 0.2) is 0 Å². The van der Waals surface area contributed by atoms with Crippen LogP contribution in [0, 0.1) is 5.92 Å². The van der Waals surface area contributed by atoms with Crippen molar-refractivity contribution in [3.63, 3.8) is 0 Å². The third-order valence-corrected chi connectivity index (χ3v) is 4.93. The molecule has 2 atom stereocenters. The SMILES string of the molecule is OCCC1CCCC1Nc1cccc(-n2cnc3ccccc32)n1. The molecule has 3 aromatic rings. The minimum absolute atomic E-state index is 0.261. The van der Waals surface area contributed by atoms with Gasteiger partial charge in [0, 0.05) is 12.6 Å². The van der Waals surface area contributed by atoms with Crippen molar-refractivity contribution in [2.24, 2.45) is 5.92 Å². The number of aliphatic hydroxyl groups is 1. The van der Waals surface area contributed by atoms with Crippen molar-refractivity contribution < 1.29 is 5.11 Å². The van der Waals surface area contributed by atoms with Gasteiger partial charge in [-0.1, -0.05) is 24.6 Å². The number of nitrogens with zero attached hydrogens (tertiary/aromatic N) is 3. The van der Waals surface area contributed by atoms with Gasteiger partial charge < -0.3 is 10.4 Å². The van der Waals surface area contributed by atoms with Crippen molar-refractivity contribution in [2.75, 3.05) is 11.9 Å². The topological polar surface area (TPSA) is 63.0 Å². The second kappa shape index (κ2) is 6.61. The van der Waals surface area contributed by atoms with E-state index in [1.54, 1.807) is 0 Å². The molecule has 5 heteroatoms. The van der Waals surface area contributed by atoms with Gasteiger partial charge in [-0.15, -0.1) is 0 Å². The van der Waals surface area contributed by atoms with Gasteiger partial charge in [-0.2, -0.15) is 0 Å². The summed E-state index contributed by atoms with van der Waals surface area (Å²) in [6, 6.07) is 14.5. The lowest BCUT2D eigenvalue weighted by Crippen LogP contribution is -2.25. The molecule has 4 rings (SSSR count). The number of benzene rings is 1. The standard InChI is InChI=1S/C19H22N4O/c24-12-11-14-5-3-7-15(14)21-18-9-4-10-19(22-18)23-13-20-16-6-1-2-8-17(16)23/h1-2,4,6,8-10,13-15,24H,3,5,7,11-12H2,(H,21,22). The molecule has 24 heavy (non-hydrogen) atoms. The third-order valence-electron chi connectivity index (χ3n) is 4.93. The Kier molecular flexibility index (Phi) is 4.17. The summed E-state index contributed by atoms with van der Waals surface area (Å²) in [7, 11) is 0. The maximum atomic E-state index is 9.23. The molecule has 2 unspecified atom stereocenters. The fourth-order valence-electron chi connectivity index (χ4n) is 3.71.